The van der Waals surface area contributed by atoms with Gasteiger partial charge in [-0.2, -0.15) is 5.10 Å². The van der Waals surface area contributed by atoms with E-state index in [0.29, 0.717) is 35.9 Å². The first-order chi connectivity index (χ1) is 16.4. The van der Waals surface area contributed by atoms with Crippen LogP contribution in [-0.4, -0.2) is 18.7 Å². The minimum Gasteiger partial charge on any atom is -0.490 e. The highest BCUT2D eigenvalue weighted by molar-refractivity contribution is 9.11. The molecule has 1 N–H and O–H groups in total. The van der Waals surface area contributed by atoms with Gasteiger partial charge in [-0.1, -0.05) is 46.3 Å². The Morgan fingerprint density at radius 1 is 1.00 bits per heavy atom. The highest BCUT2D eigenvalue weighted by Gasteiger charge is 2.15. The van der Waals surface area contributed by atoms with E-state index in [2.05, 4.69) is 58.3 Å². The lowest BCUT2D eigenvalue weighted by Gasteiger charge is -2.14. The molecule has 1 amide bonds. The van der Waals surface area contributed by atoms with Crippen LogP contribution in [0.2, 0.25) is 0 Å². The SMILES string of the molecule is CCOc1cc(/C=N\NC(=O)c2cc3cc(Br)cc(Br)c3o2)c(Br)cc1OCc1ccccc1. The molecule has 1 heterocycles. The molecule has 0 saturated heterocycles. The second-order valence-corrected chi connectivity index (χ2v) is 9.77. The number of hydrogen-bond donors (Lipinski definition) is 1. The van der Waals surface area contributed by atoms with Crippen molar-refractivity contribution in [3.63, 3.8) is 0 Å². The summed E-state index contributed by atoms with van der Waals surface area (Å²) in [4.78, 5) is 12.5. The van der Waals surface area contributed by atoms with Crippen LogP contribution in [0.15, 0.2) is 83.6 Å². The Labute approximate surface area is 221 Å². The van der Waals surface area contributed by atoms with Crippen molar-refractivity contribution >= 4 is 70.9 Å². The molecule has 9 heteroatoms. The summed E-state index contributed by atoms with van der Waals surface area (Å²) in [6.07, 6.45) is 1.53. The van der Waals surface area contributed by atoms with Crippen LogP contribution < -0.4 is 14.9 Å². The number of halogens is 3. The first kappa shape index (κ1) is 24.5. The Morgan fingerprint density at radius 3 is 2.53 bits per heavy atom. The van der Waals surface area contributed by atoms with Crippen LogP contribution >= 0.6 is 47.8 Å². The molecule has 174 valence electrons. The number of nitrogens with zero attached hydrogens (tertiary/aromatic N) is 1. The molecular weight excluding hydrogens is 632 g/mol. The van der Waals surface area contributed by atoms with Gasteiger partial charge in [-0.15, -0.1) is 0 Å². The maximum absolute atomic E-state index is 12.5. The fourth-order valence-electron chi connectivity index (χ4n) is 3.17. The van der Waals surface area contributed by atoms with E-state index >= 15 is 0 Å². The molecule has 0 aliphatic heterocycles. The van der Waals surface area contributed by atoms with Crippen molar-refractivity contribution in [2.24, 2.45) is 5.10 Å². The molecule has 0 bridgehead atoms. The highest BCUT2D eigenvalue weighted by Crippen LogP contribution is 2.34. The molecule has 0 saturated carbocycles. The maximum atomic E-state index is 12.5. The first-order valence-electron chi connectivity index (χ1n) is 10.3. The number of nitrogens with one attached hydrogen (secondary N) is 1. The zero-order chi connectivity index (χ0) is 24.1. The standard InChI is InChI=1S/C25H19Br3N2O4/c1-2-32-21-10-17(19(27)12-22(21)33-14-15-6-4-3-5-7-15)13-29-30-25(31)23-9-16-8-18(26)11-20(28)24(16)34-23/h3-13H,2,14H2,1H3,(H,30,31)/b29-13-. The van der Waals surface area contributed by atoms with Crippen molar-refractivity contribution < 1.29 is 18.7 Å². The van der Waals surface area contributed by atoms with Crippen LogP contribution in [0.25, 0.3) is 11.0 Å². The molecule has 1 aromatic heterocycles. The van der Waals surface area contributed by atoms with Gasteiger partial charge >= 0.3 is 5.91 Å². The molecule has 0 aliphatic carbocycles. The number of rotatable bonds is 8. The van der Waals surface area contributed by atoms with Crippen LogP contribution in [-0.2, 0) is 6.61 Å². The van der Waals surface area contributed by atoms with Crippen molar-refractivity contribution in [3.05, 3.63) is 91.0 Å². The second-order valence-electron chi connectivity index (χ2n) is 7.14. The van der Waals surface area contributed by atoms with E-state index in [1.165, 1.54) is 6.21 Å². The number of hydrazone groups is 1. The van der Waals surface area contributed by atoms with Crippen LogP contribution in [0.4, 0.5) is 0 Å². The van der Waals surface area contributed by atoms with Gasteiger partial charge in [0.2, 0.25) is 0 Å². The fourth-order valence-corrected chi connectivity index (χ4v) is 4.93. The predicted octanol–water partition coefficient (Wildman–Crippen LogP) is 7.46. The first-order valence-corrected chi connectivity index (χ1v) is 12.7. The van der Waals surface area contributed by atoms with Gasteiger partial charge in [-0.3, -0.25) is 4.79 Å². The molecule has 0 aliphatic rings. The van der Waals surface area contributed by atoms with E-state index in [-0.39, 0.29) is 5.76 Å². The van der Waals surface area contributed by atoms with E-state index in [9.17, 15) is 4.79 Å². The molecular formula is C25H19Br3N2O4. The number of hydrogen-bond acceptors (Lipinski definition) is 5. The fraction of sp³-hybridized carbons (Fsp3) is 0.120. The van der Waals surface area contributed by atoms with Crippen LogP contribution in [0, 0.1) is 0 Å². The summed E-state index contributed by atoms with van der Waals surface area (Å²) in [7, 11) is 0. The molecule has 0 atom stereocenters. The predicted molar refractivity (Wildman–Crippen MR) is 143 cm³/mol. The van der Waals surface area contributed by atoms with Gasteiger partial charge < -0.3 is 13.9 Å². The summed E-state index contributed by atoms with van der Waals surface area (Å²) < 4.78 is 19.8. The van der Waals surface area contributed by atoms with Crippen LogP contribution in [0.5, 0.6) is 11.5 Å². The van der Waals surface area contributed by atoms with Crippen molar-refractivity contribution in [2.75, 3.05) is 6.61 Å². The molecule has 6 nitrogen and oxygen atoms in total. The number of furan rings is 1. The second kappa shape index (κ2) is 11.2. The van der Waals surface area contributed by atoms with Gasteiger partial charge in [0, 0.05) is 19.9 Å². The van der Waals surface area contributed by atoms with Gasteiger partial charge in [0.25, 0.3) is 0 Å². The Morgan fingerprint density at radius 2 is 1.76 bits per heavy atom. The summed E-state index contributed by atoms with van der Waals surface area (Å²) in [5.74, 6) is 0.893. The topological polar surface area (TPSA) is 73.1 Å². The summed E-state index contributed by atoms with van der Waals surface area (Å²) in [5, 5.41) is 4.88. The summed E-state index contributed by atoms with van der Waals surface area (Å²) >= 11 is 10.4. The lowest BCUT2D eigenvalue weighted by Crippen LogP contribution is -2.16. The van der Waals surface area contributed by atoms with E-state index in [0.717, 1.165) is 24.4 Å². The van der Waals surface area contributed by atoms with Gasteiger partial charge in [-0.05, 0) is 74.7 Å². The quantitative estimate of drug-likeness (QED) is 0.159. The van der Waals surface area contributed by atoms with Crippen molar-refractivity contribution in [2.45, 2.75) is 13.5 Å². The van der Waals surface area contributed by atoms with Crippen molar-refractivity contribution in [1.29, 1.82) is 0 Å². The molecule has 0 radical (unpaired) electrons. The third-order valence-electron chi connectivity index (χ3n) is 4.73. The molecule has 0 spiro atoms. The minimum absolute atomic E-state index is 0.157. The Bertz CT molecular complexity index is 1350. The minimum atomic E-state index is -0.459. The number of benzene rings is 3. The summed E-state index contributed by atoms with van der Waals surface area (Å²) in [6.45, 7) is 2.80. The lowest BCUT2D eigenvalue weighted by atomic mass is 10.2. The third-order valence-corrected chi connectivity index (χ3v) is 6.46. The number of carbonyl (C=O) groups excluding carboxylic acids is 1. The Balaban J connectivity index is 1.48. The normalized spacial score (nSPS) is 11.2. The summed E-state index contributed by atoms with van der Waals surface area (Å²) in [6, 6.07) is 18.9. The Kier molecular flexibility index (Phi) is 8.07. The van der Waals surface area contributed by atoms with Crippen LogP contribution in [0.3, 0.4) is 0 Å². The molecule has 3 aromatic carbocycles. The Hall–Kier alpha value is -2.62. The largest absolute Gasteiger partial charge is 0.490 e. The van der Waals surface area contributed by atoms with Gasteiger partial charge in [0.05, 0.1) is 17.3 Å². The van der Waals surface area contributed by atoms with Gasteiger partial charge in [-0.25, -0.2) is 5.43 Å². The third kappa shape index (κ3) is 5.89. The number of carbonyl (C=O) groups is 1. The average molecular weight is 651 g/mol. The maximum Gasteiger partial charge on any atom is 0.307 e. The number of fused-ring (bicyclic) bond motifs is 1. The van der Waals surface area contributed by atoms with E-state index in [1.807, 2.05) is 55.5 Å². The van der Waals surface area contributed by atoms with Crippen molar-refractivity contribution in [1.82, 2.24) is 5.43 Å². The molecule has 0 unspecified atom stereocenters. The van der Waals surface area contributed by atoms with Crippen LogP contribution in [0.1, 0.15) is 28.6 Å². The number of amides is 1. The smallest absolute Gasteiger partial charge is 0.307 e. The van der Waals surface area contributed by atoms with E-state index < -0.39 is 5.91 Å². The molecule has 0 fully saturated rings. The molecule has 34 heavy (non-hydrogen) atoms. The summed E-state index contributed by atoms with van der Waals surface area (Å²) in [5.41, 5.74) is 4.86. The molecule has 4 rings (SSSR count). The van der Waals surface area contributed by atoms with Gasteiger partial charge in [0.1, 0.15) is 12.2 Å². The zero-order valence-electron chi connectivity index (χ0n) is 18.0. The van der Waals surface area contributed by atoms with Crippen molar-refractivity contribution in [3.8, 4) is 11.5 Å². The number of ether oxygens (including phenoxy) is 2. The van der Waals surface area contributed by atoms with Gasteiger partial charge in [0.15, 0.2) is 17.3 Å². The molecule has 4 aromatic rings. The average Bonchev–Trinajstić information content (AvgIpc) is 3.25. The lowest BCUT2D eigenvalue weighted by molar-refractivity contribution is 0.0929. The van der Waals surface area contributed by atoms with E-state index in [4.69, 9.17) is 13.9 Å². The zero-order valence-corrected chi connectivity index (χ0v) is 22.7. The monoisotopic (exact) mass is 648 g/mol. The highest BCUT2D eigenvalue weighted by atomic mass is 79.9. The van der Waals surface area contributed by atoms with E-state index in [1.54, 1.807) is 12.1 Å².